The van der Waals surface area contributed by atoms with Crippen molar-refractivity contribution >= 4 is 43.5 Å². The van der Waals surface area contributed by atoms with Crippen molar-refractivity contribution in [1.29, 1.82) is 0 Å². The molecule has 2 amide bonds. The van der Waals surface area contributed by atoms with Gasteiger partial charge in [0, 0.05) is 24.5 Å². The van der Waals surface area contributed by atoms with E-state index in [2.05, 4.69) is 21.2 Å². The Balaban J connectivity index is 1.81. The van der Waals surface area contributed by atoms with Crippen molar-refractivity contribution in [3.05, 3.63) is 119 Å². The van der Waals surface area contributed by atoms with Gasteiger partial charge in [0.05, 0.1) is 24.8 Å². The van der Waals surface area contributed by atoms with Gasteiger partial charge in [0.2, 0.25) is 11.8 Å². The van der Waals surface area contributed by atoms with Crippen LogP contribution in [0.4, 0.5) is 5.69 Å². The molecule has 0 aliphatic heterocycles. The molecule has 230 valence electrons. The first kappa shape index (κ1) is 32.6. The molecule has 4 rings (SSSR count). The third kappa shape index (κ3) is 7.78. The molecule has 0 aromatic heterocycles. The summed E-state index contributed by atoms with van der Waals surface area (Å²) in [4.78, 5) is 29.2. The number of sulfonamides is 1. The predicted octanol–water partition coefficient (Wildman–Crippen LogP) is 5.05. The van der Waals surface area contributed by atoms with Crippen LogP contribution in [0.5, 0.6) is 11.5 Å². The van der Waals surface area contributed by atoms with Gasteiger partial charge in [-0.2, -0.15) is 0 Å². The molecule has 4 aromatic rings. The molecule has 0 heterocycles. The minimum atomic E-state index is -4.29. The maximum absolute atomic E-state index is 14.4. The summed E-state index contributed by atoms with van der Waals surface area (Å²) < 4.78 is 40.9. The van der Waals surface area contributed by atoms with Gasteiger partial charge >= 0.3 is 0 Å². The summed E-state index contributed by atoms with van der Waals surface area (Å²) in [5, 5.41) is 2.68. The first-order chi connectivity index (χ1) is 21.2. The Morgan fingerprint density at radius 1 is 0.818 bits per heavy atom. The van der Waals surface area contributed by atoms with E-state index in [4.69, 9.17) is 9.47 Å². The number of hydrogen-bond acceptors (Lipinski definition) is 6. The van der Waals surface area contributed by atoms with Crippen molar-refractivity contribution < 1.29 is 27.5 Å². The second kappa shape index (κ2) is 14.9. The fraction of sp³-hybridized carbons (Fsp3) is 0.212. The Labute approximate surface area is 266 Å². The molecule has 44 heavy (non-hydrogen) atoms. The molecule has 0 aliphatic rings. The van der Waals surface area contributed by atoms with Crippen LogP contribution < -0.4 is 19.1 Å². The van der Waals surface area contributed by atoms with Crippen LogP contribution >= 0.6 is 15.9 Å². The number of amides is 2. The Bertz CT molecular complexity index is 1670. The van der Waals surface area contributed by atoms with E-state index in [0.29, 0.717) is 5.75 Å². The van der Waals surface area contributed by atoms with Gasteiger partial charge in [-0.3, -0.25) is 13.9 Å². The van der Waals surface area contributed by atoms with Crippen molar-refractivity contribution in [2.24, 2.45) is 0 Å². The lowest BCUT2D eigenvalue weighted by Crippen LogP contribution is -2.53. The van der Waals surface area contributed by atoms with Gasteiger partial charge in [-0.05, 0) is 59.7 Å². The molecular weight excluding hydrogens is 646 g/mol. The number of halogens is 1. The quantitative estimate of drug-likeness (QED) is 0.212. The normalized spacial score (nSPS) is 11.7. The number of hydrogen-bond donors (Lipinski definition) is 1. The summed E-state index contributed by atoms with van der Waals surface area (Å²) in [5.74, 6) is -0.190. The average molecular weight is 681 g/mol. The Morgan fingerprint density at radius 3 is 2.07 bits per heavy atom. The number of benzene rings is 4. The highest BCUT2D eigenvalue weighted by atomic mass is 79.9. The van der Waals surface area contributed by atoms with Crippen LogP contribution in [-0.4, -0.2) is 59.0 Å². The number of para-hydroxylation sites is 2. The third-order valence-electron chi connectivity index (χ3n) is 7.06. The molecule has 0 radical (unpaired) electrons. The van der Waals surface area contributed by atoms with Gasteiger partial charge in [0.25, 0.3) is 10.0 Å². The number of carbonyl (C=O) groups is 2. The van der Waals surface area contributed by atoms with Crippen LogP contribution in [0.15, 0.2) is 112 Å². The van der Waals surface area contributed by atoms with Crippen molar-refractivity contribution in [3.8, 4) is 11.5 Å². The number of methoxy groups -OCH3 is 2. The summed E-state index contributed by atoms with van der Waals surface area (Å²) in [6.45, 7) is -0.521. The van der Waals surface area contributed by atoms with Crippen LogP contribution in [0.2, 0.25) is 0 Å². The fourth-order valence-corrected chi connectivity index (χ4v) is 6.42. The number of rotatable bonds is 13. The molecule has 0 bridgehead atoms. The molecule has 0 fully saturated rings. The number of nitrogens with one attached hydrogen (secondary N) is 1. The highest BCUT2D eigenvalue weighted by Crippen LogP contribution is 2.33. The highest BCUT2D eigenvalue weighted by Gasteiger charge is 2.35. The van der Waals surface area contributed by atoms with Gasteiger partial charge < -0.3 is 19.7 Å². The summed E-state index contributed by atoms with van der Waals surface area (Å²) in [5.41, 5.74) is 1.80. The zero-order valence-corrected chi connectivity index (χ0v) is 27.0. The van der Waals surface area contributed by atoms with Gasteiger partial charge in [-0.1, -0.05) is 70.5 Å². The van der Waals surface area contributed by atoms with Crippen molar-refractivity contribution in [2.45, 2.75) is 23.9 Å². The molecule has 0 saturated carbocycles. The van der Waals surface area contributed by atoms with Gasteiger partial charge in [-0.15, -0.1) is 0 Å². The van der Waals surface area contributed by atoms with E-state index in [1.165, 1.54) is 50.4 Å². The Hall–Kier alpha value is -4.35. The molecule has 9 nitrogen and oxygen atoms in total. The number of ether oxygens (including phenoxy) is 2. The van der Waals surface area contributed by atoms with E-state index in [1.54, 1.807) is 24.3 Å². The number of carbonyl (C=O) groups excluding carboxylic acids is 2. The van der Waals surface area contributed by atoms with Gasteiger partial charge in [0.15, 0.2) is 0 Å². The molecule has 0 saturated heterocycles. The average Bonchev–Trinajstić information content (AvgIpc) is 3.06. The molecule has 11 heteroatoms. The minimum Gasteiger partial charge on any atom is -0.497 e. The smallest absolute Gasteiger partial charge is 0.264 e. The van der Waals surface area contributed by atoms with Crippen LogP contribution in [0.25, 0.3) is 0 Å². The molecule has 4 aromatic carbocycles. The maximum Gasteiger partial charge on any atom is 0.264 e. The summed E-state index contributed by atoms with van der Waals surface area (Å²) in [7, 11) is 0.145. The molecule has 0 spiro atoms. The first-order valence-electron chi connectivity index (χ1n) is 13.8. The first-order valence-corrected chi connectivity index (χ1v) is 16.0. The minimum absolute atomic E-state index is 0.0383. The monoisotopic (exact) mass is 679 g/mol. The van der Waals surface area contributed by atoms with E-state index in [9.17, 15) is 18.0 Å². The lowest BCUT2D eigenvalue weighted by molar-refractivity contribution is -0.139. The molecular formula is C33H34BrN3O6S. The number of anilines is 1. The maximum atomic E-state index is 14.4. The summed E-state index contributed by atoms with van der Waals surface area (Å²) >= 11 is 3.44. The molecule has 0 aliphatic carbocycles. The van der Waals surface area contributed by atoms with Crippen LogP contribution in [0.1, 0.15) is 11.1 Å². The van der Waals surface area contributed by atoms with E-state index in [1.807, 2.05) is 54.6 Å². The topological polar surface area (TPSA) is 105 Å². The second-order valence-corrected chi connectivity index (χ2v) is 12.6. The highest BCUT2D eigenvalue weighted by molar-refractivity contribution is 9.10. The Kier molecular flexibility index (Phi) is 11.0. The van der Waals surface area contributed by atoms with Crippen LogP contribution in [0, 0.1) is 0 Å². The van der Waals surface area contributed by atoms with Crippen molar-refractivity contribution in [2.75, 3.05) is 32.1 Å². The van der Waals surface area contributed by atoms with Crippen LogP contribution in [-0.2, 0) is 32.6 Å². The fourth-order valence-electron chi connectivity index (χ4n) is 4.73. The van der Waals surface area contributed by atoms with Gasteiger partial charge in [0.1, 0.15) is 24.1 Å². The molecule has 0 unspecified atom stereocenters. The van der Waals surface area contributed by atoms with Crippen molar-refractivity contribution in [1.82, 2.24) is 10.2 Å². The third-order valence-corrected chi connectivity index (χ3v) is 9.37. The number of nitrogens with zero attached hydrogens (tertiary/aromatic N) is 2. The standard InChI is InChI=1S/C33H34BrN3O6S/c1-35-33(39)30(21-24-9-5-4-6-10-24)36(22-25-13-15-26(34)16-14-25)32(38)23-37(29-11-7-8-12-31(29)43-3)44(40,41)28-19-17-27(42-2)18-20-28/h4-20,30H,21-23H2,1-3H3,(H,35,39)/t30-/m0/s1. The zero-order chi connectivity index (χ0) is 31.7. The number of likely N-dealkylation sites (N-methyl/N-ethyl adjacent to an activating group) is 1. The predicted molar refractivity (Wildman–Crippen MR) is 173 cm³/mol. The SMILES string of the molecule is CNC(=O)[C@H](Cc1ccccc1)N(Cc1ccc(Br)cc1)C(=O)CN(c1ccccc1OC)S(=O)(=O)c1ccc(OC)cc1. The lowest BCUT2D eigenvalue weighted by Gasteiger charge is -2.34. The van der Waals surface area contributed by atoms with E-state index < -0.39 is 28.5 Å². The summed E-state index contributed by atoms with van der Waals surface area (Å²) in [6, 6.07) is 28.3. The van der Waals surface area contributed by atoms with Gasteiger partial charge in [-0.25, -0.2) is 8.42 Å². The van der Waals surface area contributed by atoms with E-state index >= 15 is 0 Å². The lowest BCUT2D eigenvalue weighted by atomic mass is 10.0. The second-order valence-electron chi connectivity index (χ2n) is 9.83. The van der Waals surface area contributed by atoms with Crippen LogP contribution in [0.3, 0.4) is 0 Å². The van der Waals surface area contributed by atoms with E-state index in [-0.39, 0.29) is 35.2 Å². The Morgan fingerprint density at radius 2 is 1.45 bits per heavy atom. The van der Waals surface area contributed by atoms with E-state index in [0.717, 1.165) is 19.9 Å². The molecule has 1 atom stereocenters. The largest absolute Gasteiger partial charge is 0.497 e. The van der Waals surface area contributed by atoms with Crippen molar-refractivity contribution in [3.63, 3.8) is 0 Å². The molecule has 1 N–H and O–H groups in total. The zero-order valence-electron chi connectivity index (χ0n) is 24.6. The summed E-state index contributed by atoms with van der Waals surface area (Å²) in [6.07, 6.45) is 0.225.